The van der Waals surface area contributed by atoms with Crippen LogP contribution < -0.4 is 5.32 Å². The van der Waals surface area contributed by atoms with Crippen molar-refractivity contribution >= 4 is 5.69 Å². The molecule has 1 heterocycles. The Balaban J connectivity index is 2.77. The third kappa shape index (κ3) is 0.689. The van der Waals surface area contributed by atoms with E-state index in [4.69, 9.17) is 5.48 Å². The van der Waals surface area contributed by atoms with E-state index in [0.717, 1.165) is 0 Å². The fraction of sp³-hybridized carbons (Fsp3) is 0.250. The molecule has 0 saturated heterocycles. The molecular formula is C8H9N. The highest BCUT2D eigenvalue weighted by molar-refractivity contribution is 5.54. The maximum Gasteiger partial charge on any atom is 0.0645 e. The van der Waals surface area contributed by atoms with E-state index in [2.05, 4.69) is 5.32 Å². The Kier molecular flexibility index (Phi) is 0.456. The van der Waals surface area contributed by atoms with Gasteiger partial charge in [0.15, 0.2) is 0 Å². The molecule has 1 aromatic carbocycles. The molecule has 2 rings (SSSR count). The molecule has 0 fully saturated rings. The molecule has 0 bridgehead atoms. The summed E-state index contributed by atoms with van der Waals surface area (Å²) in [6.07, 6.45) is 0.687. The van der Waals surface area contributed by atoms with E-state index in [9.17, 15) is 0 Å². The largest absolute Gasteiger partial charge is 0.384 e. The van der Waals surface area contributed by atoms with Gasteiger partial charge in [0, 0.05) is 12.2 Å². The lowest BCUT2D eigenvalue weighted by molar-refractivity contribution is 1.11. The van der Waals surface area contributed by atoms with Crippen molar-refractivity contribution < 1.29 is 5.48 Å². The molecule has 0 unspecified atom stereocenters. The van der Waals surface area contributed by atoms with Gasteiger partial charge in [-0.2, -0.15) is 0 Å². The summed E-state index contributed by atoms with van der Waals surface area (Å²) in [5, 5.41) is 2.97. The first-order valence-electron chi connectivity index (χ1n) is 4.96. The van der Waals surface area contributed by atoms with Crippen molar-refractivity contribution in [3.63, 3.8) is 0 Å². The summed E-state index contributed by atoms with van der Waals surface area (Å²) < 4.78 is 30.0. The van der Waals surface area contributed by atoms with Crippen LogP contribution in [0.1, 0.15) is 11.0 Å². The second kappa shape index (κ2) is 1.76. The molecule has 0 radical (unpaired) electrons. The van der Waals surface area contributed by atoms with E-state index in [1.807, 2.05) is 0 Å². The van der Waals surface area contributed by atoms with Gasteiger partial charge in [0.25, 0.3) is 0 Å². The Morgan fingerprint density at radius 3 is 3.33 bits per heavy atom. The normalized spacial score (nSPS) is 20.9. The summed E-state index contributed by atoms with van der Waals surface area (Å²) in [5.74, 6) is 0. The molecular weight excluding hydrogens is 110 g/mol. The van der Waals surface area contributed by atoms with Crippen LogP contribution in [0.25, 0.3) is 0 Å². The van der Waals surface area contributed by atoms with Crippen molar-refractivity contribution in [3.8, 4) is 0 Å². The number of hydrogen-bond acceptors (Lipinski definition) is 1. The number of rotatable bonds is 0. The average molecular weight is 123 g/mol. The Hall–Kier alpha value is -0.980. The van der Waals surface area contributed by atoms with Crippen LogP contribution in [0.15, 0.2) is 24.2 Å². The van der Waals surface area contributed by atoms with Gasteiger partial charge in [-0.25, -0.2) is 0 Å². The fourth-order valence-corrected chi connectivity index (χ4v) is 0.989. The van der Waals surface area contributed by atoms with Gasteiger partial charge in [0.2, 0.25) is 0 Å². The fourth-order valence-electron chi connectivity index (χ4n) is 0.989. The Labute approximate surface area is 60.3 Å². The zero-order chi connectivity index (χ0) is 9.59. The van der Waals surface area contributed by atoms with E-state index in [0.29, 0.717) is 24.2 Å². The van der Waals surface area contributed by atoms with Crippen molar-refractivity contribution in [2.45, 2.75) is 6.42 Å². The van der Waals surface area contributed by atoms with Crippen molar-refractivity contribution in [2.75, 3.05) is 11.9 Å². The first-order chi connectivity index (χ1) is 6.13. The number of hydrogen-bond donors (Lipinski definition) is 1. The second-order valence-corrected chi connectivity index (χ2v) is 2.03. The maximum atomic E-state index is 7.58. The van der Waals surface area contributed by atoms with Crippen molar-refractivity contribution in [1.82, 2.24) is 0 Å². The maximum absolute atomic E-state index is 7.58. The Bertz CT molecular complexity index is 340. The second-order valence-electron chi connectivity index (χ2n) is 2.03. The van der Waals surface area contributed by atoms with Gasteiger partial charge in [-0.15, -0.1) is 0 Å². The van der Waals surface area contributed by atoms with Crippen molar-refractivity contribution in [1.29, 1.82) is 0 Å². The summed E-state index contributed by atoms with van der Waals surface area (Å²) in [4.78, 5) is 0. The Morgan fingerprint density at radius 1 is 1.44 bits per heavy atom. The van der Waals surface area contributed by atoms with Crippen LogP contribution in [0.4, 0.5) is 5.69 Å². The summed E-state index contributed by atoms with van der Waals surface area (Å²) in [7, 11) is 0. The number of benzene rings is 1. The zero-order valence-corrected chi connectivity index (χ0v) is 4.91. The van der Waals surface area contributed by atoms with Gasteiger partial charge >= 0.3 is 0 Å². The molecule has 1 nitrogen and oxygen atoms in total. The minimum atomic E-state index is -0.154. The lowest BCUT2D eigenvalue weighted by Gasteiger charge is -1.94. The van der Waals surface area contributed by atoms with E-state index in [1.165, 1.54) is 0 Å². The molecule has 1 N–H and O–H groups in total. The standard InChI is InChI=1S/C8H9N/c1-2-4-8-7(3-1)5-6-9-8/h1-4,9H,5-6H2/i1D,2D,3D,4D. The van der Waals surface area contributed by atoms with E-state index in [-0.39, 0.29) is 24.2 Å². The van der Waals surface area contributed by atoms with E-state index >= 15 is 0 Å². The number of para-hydroxylation sites is 1. The quantitative estimate of drug-likeness (QED) is 0.553. The highest BCUT2D eigenvalue weighted by atomic mass is 14.9. The number of nitrogens with one attached hydrogen (secondary N) is 1. The molecule has 0 amide bonds. The summed E-state index contributed by atoms with van der Waals surface area (Å²) >= 11 is 0. The van der Waals surface area contributed by atoms with Crippen LogP contribution in [0, 0.1) is 0 Å². The molecule has 1 aliphatic heterocycles. The molecule has 1 aromatic rings. The zero-order valence-electron chi connectivity index (χ0n) is 8.91. The van der Waals surface area contributed by atoms with Gasteiger partial charge in [-0.1, -0.05) is 18.1 Å². The highest BCUT2D eigenvalue weighted by Gasteiger charge is 2.05. The summed E-state index contributed by atoms with van der Waals surface area (Å²) in [6, 6.07) is -0.139. The van der Waals surface area contributed by atoms with Gasteiger partial charge in [0.1, 0.15) is 0 Å². The lowest BCUT2D eigenvalue weighted by atomic mass is 10.2. The van der Waals surface area contributed by atoms with Gasteiger partial charge in [-0.3, -0.25) is 0 Å². The molecule has 46 valence electrons. The van der Waals surface area contributed by atoms with Gasteiger partial charge in [0.05, 0.1) is 5.48 Å². The molecule has 0 aliphatic carbocycles. The summed E-state index contributed by atoms with van der Waals surface area (Å²) in [6.45, 7) is 0.704. The lowest BCUT2D eigenvalue weighted by Crippen LogP contribution is -1.90. The van der Waals surface area contributed by atoms with Gasteiger partial charge < -0.3 is 5.32 Å². The molecule has 0 spiro atoms. The van der Waals surface area contributed by atoms with E-state index < -0.39 is 0 Å². The van der Waals surface area contributed by atoms with Crippen LogP contribution >= 0.6 is 0 Å². The SMILES string of the molecule is [2H]c1c([2H])c([2H])c2c(c1[2H])CCN2. The monoisotopic (exact) mass is 123 g/mol. The first kappa shape index (κ1) is 2.33. The first-order valence-corrected chi connectivity index (χ1v) is 2.96. The molecule has 0 atom stereocenters. The van der Waals surface area contributed by atoms with Crippen LogP contribution in [-0.4, -0.2) is 6.54 Å². The number of anilines is 1. The number of fused-ring (bicyclic) bond motifs is 1. The highest BCUT2D eigenvalue weighted by Crippen LogP contribution is 2.19. The third-order valence-electron chi connectivity index (χ3n) is 1.44. The molecule has 9 heavy (non-hydrogen) atoms. The smallest absolute Gasteiger partial charge is 0.0645 e. The predicted molar refractivity (Wildman–Crippen MR) is 38.6 cm³/mol. The molecule has 0 saturated carbocycles. The topological polar surface area (TPSA) is 12.0 Å². The molecule has 1 heteroatoms. The minimum Gasteiger partial charge on any atom is -0.384 e. The van der Waals surface area contributed by atoms with Gasteiger partial charge in [-0.05, 0) is 18.0 Å². The van der Waals surface area contributed by atoms with Crippen LogP contribution in [0.3, 0.4) is 0 Å². The third-order valence-corrected chi connectivity index (χ3v) is 1.44. The average Bonchev–Trinajstić information content (AvgIpc) is 2.59. The minimum absolute atomic E-state index is 0.0495. The van der Waals surface area contributed by atoms with E-state index in [1.54, 1.807) is 0 Å². The molecule has 0 aromatic heterocycles. The Morgan fingerprint density at radius 2 is 2.33 bits per heavy atom. The van der Waals surface area contributed by atoms with Crippen LogP contribution in [0.5, 0.6) is 0 Å². The van der Waals surface area contributed by atoms with Crippen LogP contribution in [0.2, 0.25) is 0 Å². The van der Waals surface area contributed by atoms with Crippen molar-refractivity contribution in [3.05, 3.63) is 29.7 Å². The molecule has 1 aliphatic rings. The van der Waals surface area contributed by atoms with Crippen molar-refractivity contribution in [2.24, 2.45) is 0 Å². The summed E-state index contributed by atoms with van der Waals surface area (Å²) in [5.41, 5.74) is 1.29. The predicted octanol–water partition coefficient (Wildman–Crippen LogP) is 1.65. The van der Waals surface area contributed by atoms with Crippen LogP contribution in [-0.2, 0) is 6.42 Å².